The summed E-state index contributed by atoms with van der Waals surface area (Å²) in [7, 11) is 2.17. The molecular weight excluding hydrogens is 286 g/mol. The maximum atomic E-state index is 12.0. The number of anilines is 1. The molecule has 1 fully saturated rings. The van der Waals surface area contributed by atoms with E-state index in [9.17, 15) is 4.79 Å². The first-order chi connectivity index (χ1) is 10.2. The fraction of sp³-hybridized carbons (Fsp3) is 0.733. The van der Waals surface area contributed by atoms with Gasteiger partial charge < -0.3 is 14.5 Å². The van der Waals surface area contributed by atoms with Crippen LogP contribution in [0.25, 0.3) is 0 Å². The predicted octanol–water partition coefficient (Wildman–Crippen LogP) is 1.88. The number of carbonyl (C=O) groups is 1. The van der Waals surface area contributed by atoms with Crippen molar-refractivity contribution in [3.63, 3.8) is 0 Å². The third kappa shape index (κ3) is 3.06. The van der Waals surface area contributed by atoms with Gasteiger partial charge in [0.2, 0.25) is 0 Å². The van der Waals surface area contributed by atoms with Crippen molar-refractivity contribution in [2.75, 3.05) is 44.7 Å². The van der Waals surface area contributed by atoms with Crippen LogP contribution in [0.2, 0.25) is 0 Å². The molecule has 2 heterocycles. The highest BCUT2D eigenvalue weighted by Gasteiger charge is 2.34. The summed E-state index contributed by atoms with van der Waals surface area (Å²) in [5.74, 6) is -0.247. The molecule has 0 radical (unpaired) electrons. The van der Waals surface area contributed by atoms with Gasteiger partial charge in [-0.2, -0.15) is 0 Å². The third-order valence-corrected chi connectivity index (χ3v) is 5.46. The number of aromatic nitrogens is 1. The fourth-order valence-electron chi connectivity index (χ4n) is 3.06. The molecule has 3 rings (SSSR count). The highest BCUT2D eigenvalue weighted by Crippen LogP contribution is 2.40. The molecule has 1 saturated heterocycles. The molecule has 0 saturated carbocycles. The SMILES string of the molecule is CCOC(=O)C1CCc2sc(N3CCCN(C)CC3)nc21. The average molecular weight is 309 g/mol. The van der Waals surface area contributed by atoms with E-state index in [1.807, 2.05) is 6.92 Å². The largest absolute Gasteiger partial charge is 0.465 e. The highest BCUT2D eigenvalue weighted by molar-refractivity contribution is 7.15. The van der Waals surface area contributed by atoms with Gasteiger partial charge in [-0.3, -0.25) is 4.79 Å². The lowest BCUT2D eigenvalue weighted by molar-refractivity contribution is -0.145. The molecule has 6 heteroatoms. The number of esters is 1. The van der Waals surface area contributed by atoms with Crippen LogP contribution in [0.15, 0.2) is 0 Å². The van der Waals surface area contributed by atoms with Gasteiger partial charge in [-0.15, -0.1) is 11.3 Å². The molecule has 2 aliphatic rings. The Balaban J connectivity index is 1.75. The number of ether oxygens (including phenoxy) is 1. The van der Waals surface area contributed by atoms with Gasteiger partial charge in [0.25, 0.3) is 0 Å². The maximum Gasteiger partial charge on any atom is 0.315 e. The molecular formula is C15H23N3O2S. The molecule has 1 aromatic heterocycles. The Hall–Kier alpha value is -1.14. The van der Waals surface area contributed by atoms with Gasteiger partial charge in [0.15, 0.2) is 5.13 Å². The second-order valence-electron chi connectivity index (χ2n) is 5.79. The second kappa shape index (κ2) is 6.32. The van der Waals surface area contributed by atoms with Crippen LogP contribution < -0.4 is 4.90 Å². The van der Waals surface area contributed by atoms with Crippen molar-refractivity contribution >= 4 is 22.4 Å². The van der Waals surface area contributed by atoms with Crippen LogP contribution in [0.4, 0.5) is 5.13 Å². The molecule has 0 aromatic carbocycles. The Morgan fingerprint density at radius 3 is 3.05 bits per heavy atom. The molecule has 0 amide bonds. The van der Waals surface area contributed by atoms with Crippen LogP contribution in [0.1, 0.15) is 36.3 Å². The van der Waals surface area contributed by atoms with Gasteiger partial charge in [-0.1, -0.05) is 0 Å². The molecule has 1 aliphatic carbocycles. The van der Waals surface area contributed by atoms with Crippen LogP contribution in [0.3, 0.4) is 0 Å². The standard InChI is InChI=1S/C15H23N3O2S/c1-3-20-14(19)11-5-6-12-13(11)16-15(21-12)18-8-4-7-17(2)9-10-18/h11H,3-10H2,1-2H3. The summed E-state index contributed by atoms with van der Waals surface area (Å²) in [6.07, 6.45) is 2.99. The molecule has 5 nitrogen and oxygen atoms in total. The fourth-order valence-corrected chi connectivity index (χ4v) is 4.25. The van der Waals surface area contributed by atoms with Crippen LogP contribution in [-0.4, -0.2) is 55.7 Å². The lowest BCUT2D eigenvalue weighted by atomic mass is 10.1. The highest BCUT2D eigenvalue weighted by atomic mass is 32.1. The monoisotopic (exact) mass is 309 g/mol. The summed E-state index contributed by atoms with van der Waals surface area (Å²) in [5.41, 5.74) is 0.978. The van der Waals surface area contributed by atoms with E-state index in [1.54, 1.807) is 11.3 Å². The molecule has 1 unspecified atom stereocenters. The van der Waals surface area contributed by atoms with Crippen molar-refractivity contribution in [2.24, 2.45) is 0 Å². The van der Waals surface area contributed by atoms with Gasteiger partial charge >= 0.3 is 5.97 Å². The minimum atomic E-state index is -0.139. The first-order valence-corrected chi connectivity index (χ1v) is 8.60. The zero-order valence-electron chi connectivity index (χ0n) is 12.8. The number of carbonyl (C=O) groups excluding carboxylic acids is 1. The van der Waals surface area contributed by atoms with E-state index < -0.39 is 0 Å². The van der Waals surface area contributed by atoms with E-state index in [-0.39, 0.29) is 11.9 Å². The van der Waals surface area contributed by atoms with E-state index in [0.29, 0.717) is 6.61 Å². The molecule has 21 heavy (non-hydrogen) atoms. The normalized spacial score (nSPS) is 23.0. The molecule has 116 valence electrons. The topological polar surface area (TPSA) is 45.7 Å². The molecule has 1 atom stereocenters. The quantitative estimate of drug-likeness (QED) is 0.798. The average Bonchev–Trinajstić information content (AvgIpc) is 2.96. The van der Waals surface area contributed by atoms with E-state index >= 15 is 0 Å². The molecule has 1 aliphatic heterocycles. The Morgan fingerprint density at radius 1 is 1.38 bits per heavy atom. The zero-order chi connectivity index (χ0) is 14.8. The van der Waals surface area contributed by atoms with Gasteiger partial charge in [-0.05, 0) is 39.8 Å². The first kappa shape index (κ1) is 14.8. The summed E-state index contributed by atoms with van der Waals surface area (Å²) in [4.78, 5) is 22.8. The van der Waals surface area contributed by atoms with Gasteiger partial charge in [-0.25, -0.2) is 4.98 Å². The number of fused-ring (bicyclic) bond motifs is 1. The summed E-state index contributed by atoms with van der Waals surface area (Å²) < 4.78 is 5.18. The minimum absolute atomic E-state index is 0.108. The van der Waals surface area contributed by atoms with Crippen molar-refractivity contribution in [3.05, 3.63) is 10.6 Å². The van der Waals surface area contributed by atoms with Gasteiger partial charge in [0, 0.05) is 24.5 Å². The summed E-state index contributed by atoms with van der Waals surface area (Å²) in [6.45, 7) is 6.60. The lowest BCUT2D eigenvalue weighted by Crippen LogP contribution is -2.28. The van der Waals surface area contributed by atoms with E-state index in [4.69, 9.17) is 9.72 Å². The second-order valence-corrected chi connectivity index (χ2v) is 6.85. The van der Waals surface area contributed by atoms with Gasteiger partial charge in [0.1, 0.15) is 5.92 Å². The third-order valence-electron chi connectivity index (χ3n) is 4.27. The van der Waals surface area contributed by atoms with Crippen LogP contribution in [-0.2, 0) is 16.0 Å². The Morgan fingerprint density at radius 2 is 2.24 bits per heavy atom. The number of thiazole rings is 1. The van der Waals surface area contributed by atoms with Crippen LogP contribution >= 0.6 is 11.3 Å². The molecule has 0 bridgehead atoms. The number of rotatable bonds is 3. The summed E-state index contributed by atoms with van der Waals surface area (Å²) in [5, 5.41) is 1.09. The zero-order valence-corrected chi connectivity index (χ0v) is 13.6. The van der Waals surface area contributed by atoms with E-state index in [2.05, 4.69) is 16.8 Å². The number of hydrogen-bond acceptors (Lipinski definition) is 6. The van der Waals surface area contributed by atoms with Crippen molar-refractivity contribution in [1.29, 1.82) is 0 Å². The first-order valence-electron chi connectivity index (χ1n) is 7.78. The van der Waals surface area contributed by atoms with Crippen molar-refractivity contribution in [1.82, 2.24) is 9.88 Å². The number of likely N-dealkylation sites (N-methyl/N-ethyl adjacent to an activating group) is 1. The summed E-state index contributed by atoms with van der Waals surface area (Å²) >= 11 is 1.77. The predicted molar refractivity (Wildman–Crippen MR) is 84.1 cm³/mol. The van der Waals surface area contributed by atoms with Gasteiger partial charge in [0.05, 0.1) is 12.3 Å². The van der Waals surface area contributed by atoms with Crippen LogP contribution in [0.5, 0.6) is 0 Å². The maximum absolute atomic E-state index is 12.0. The van der Waals surface area contributed by atoms with Crippen LogP contribution in [0, 0.1) is 0 Å². The Labute approximate surface area is 129 Å². The number of aryl methyl sites for hydroxylation is 1. The van der Waals surface area contributed by atoms with Crippen molar-refractivity contribution < 1.29 is 9.53 Å². The van der Waals surface area contributed by atoms with Crippen molar-refractivity contribution in [2.45, 2.75) is 32.1 Å². The van der Waals surface area contributed by atoms with E-state index in [0.717, 1.165) is 49.8 Å². The van der Waals surface area contributed by atoms with E-state index in [1.165, 1.54) is 11.3 Å². The van der Waals surface area contributed by atoms with Crippen molar-refractivity contribution in [3.8, 4) is 0 Å². The Kier molecular flexibility index (Phi) is 4.45. The number of nitrogens with zero attached hydrogens (tertiary/aromatic N) is 3. The summed E-state index contributed by atoms with van der Waals surface area (Å²) in [6, 6.07) is 0. The number of hydrogen-bond donors (Lipinski definition) is 0. The molecule has 0 N–H and O–H groups in total. The minimum Gasteiger partial charge on any atom is -0.465 e. The lowest BCUT2D eigenvalue weighted by Gasteiger charge is -2.19. The molecule has 0 spiro atoms. The molecule has 1 aromatic rings. The Bertz CT molecular complexity index is 517. The smallest absolute Gasteiger partial charge is 0.315 e.